The first-order chi connectivity index (χ1) is 26.3. The van der Waals surface area contributed by atoms with Crippen LogP contribution in [-0.4, -0.2) is 49.1 Å². The van der Waals surface area contributed by atoms with Gasteiger partial charge in [0, 0.05) is 63.1 Å². The lowest BCUT2D eigenvalue weighted by atomic mass is 9.96. The lowest BCUT2D eigenvalue weighted by Gasteiger charge is -2.30. The van der Waals surface area contributed by atoms with Crippen molar-refractivity contribution in [1.82, 2.24) is 9.80 Å². The summed E-state index contributed by atoms with van der Waals surface area (Å²) in [6, 6.07) is 60.8. The van der Waals surface area contributed by atoms with Crippen LogP contribution in [0, 0.1) is 0 Å². The molecule has 1 aliphatic rings. The molecule has 1 fully saturated rings. The molecule has 258 valence electrons. The molecule has 1 aliphatic heterocycles. The minimum atomic E-state index is 0.914. The van der Waals surface area contributed by atoms with Gasteiger partial charge in [-0.25, -0.2) is 0 Å². The van der Waals surface area contributed by atoms with E-state index < -0.39 is 0 Å². The average Bonchev–Trinajstić information content (AvgIpc) is 3.30. The van der Waals surface area contributed by atoms with E-state index in [4.69, 9.17) is 0 Å². The van der Waals surface area contributed by atoms with E-state index in [2.05, 4.69) is 178 Å². The Morgan fingerprint density at radius 3 is 0.906 bits per heavy atom. The molecule has 0 aliphatic carbocycles. The van der Waals surface area contributed by atoms with Crippen LogP contribution in [0.3, 0.4) is 0 Å². The van der Waals surface area contributed by atoms with E-state index in [0.29, 0.717) is 0 Å². The molecule has 0 amide bonds. The molecule has 0 N–H and O–H groups in total. The molecular weight excluding hydrogens is 643 g/mol. The lowest BCUT2D eigenvalue weighted by Crippen LogP contribution is -2.36. The van der Waals surface area contributed by atoms with Gasteiger partial charge in [0.05, 0.1) is 5.69 Å². The number of hydrogen-bond acceptors (Lipinski definition) is 3. The first-order valence-corrected chi connectivity index (χ1v) is 19.2. The van der Waals surface area contributed by atoms with E-state index in [1.54, 1.807) is 0 Å². The molecular formula is C50H43N3. The quantitative estimate of drug-likeness (QED) is 0.167. The van der Waals surface area contributed by atoms with Gasteiger partial charge in [0.1, 0.15) is 0 Å². The zero-order chi connectivity index (χ0) is 35.1. The molecule has 9 aromatic rings. The van der Waals surface area contributed by atoms with Crippen LogP contribution in [0.15, 0.2) is 164 Å². The van der Waals surface area contributed by atoms with Gasteiger partial charge in [-0.15, -0.1) is 0 Å². The topological polar surface area (TPSA) is 9.72 Å². The monoisotopic (exact) mass is 685 g/mol. The van der Waals surface area contributed by atoms with E-state index in [-0.39, 0.29) is 0 Å². The number of fused-ring (bicyclic) bond motifs is 6. The van der Waals surface area contributed by atoms with Gasteiger partial charge in [-0.1, -0.05) is 146 Å². The van der Waals surface area contributed by atoms with E-state index in [1.165, 1.54) is 81.4 Å². The Morgan fingerprint density at radius 1 is 0.302 bits per heavy atom. The SMILES string of the molecule is c1ccc2c(CN3CCN(Cc4c5ccccc5cc5ccccc45)CCN(c4c5ccccc5cc5ccccc45)CC3)c3ccccc3cc2c1. The van der Waals surface area contributed by atoms with Crippen LogP contribution < -0.4 is 4.90 Å². The summed E-state index contributed by atoms with van der Waals surface area (Å²) in [6.45, 7) is 7.74. The van der Waals surface area contributed by atoms with Crippen molar-refractivity contribution in [2.75, 3.05) is 44.2 Å². The predicted octanol–water partition coefficient (Wildman–Crippen LogP) is 11.4. The van der Waals surface area contributed by atoms with Crippen molar-refractivity contribution in [3.8, 4) is 0 Å². The second-order valence-electron chi connectivity index (χ2n) is 14.8. The second kappa shape index (κ2) is 13.7. The highest BCUT2D eigenvalue weighted by Crippen LogP contribution is 2.37. The zero-order valence-corrected chi connectivity index (χ0v) is 30.1. The Kier molecular flexibility index (Phi) is 8.24. The molecule has 0 spiro atoms. The Labute approximate surface area is 311 Å². The molecule has 1 saturated heterocycles. The molecule has 10 rings (SSSR count). The molecule has 0 radical (unpaired) electrons. The maximum Gasteiger partial charge on any atom is 0.0526 e. The fourth-order valence-corrected chi connectivity index (χ4v) is 9.02. The lowest BCUT2D eigenvalue weighted by molar-refractivity contribution is 0.211. The van der Waals surface area contributed by atoms with Crippen LogP contribution in [0.2, 0.25) is 0 Å². The maximum absolute atomic E-state index is 2.73. The first kappa shape index (κ1) is 32.0. The van der Waals surface area contributed by atoms with Crippen molar-refractivity contribution in [2.45, 2.75) is 13.1 Å². The third-order valence-electron chi connectivity index (χ3n) is 11.7. The Bertz CT molecular complexity index is 2490. The van der Waals surface area contributed by atoms with Gasteiger partial charge in [-0.05, 0) is 83.2 Å². The predicted molar refractivity (Wildman–Crippen MR) is 227 cm³/mol. The van der Waals surface area contributed by atoms with E-state index in [9.17, 15) is 0 Å². The van der Waals surface area contributed by atoms with Crippen molar-refractivity contribution in [2.24, 2.45) is 0 Å². The molecule has 1 heterocycles. The summed E-state index contributed by atoms with van der Waals surface area (Å²) < 4.78 is 0. The molecule has 9 aromatic carbocycles. The average molecular weight is 686 g/mol. The fraction of sp³-hybridized carbons (Fsp3) is 0.160. The highest BCUT2D eigenvalue weighted by atomic mass is 15.3. The molecule has 0 bridgehead atoms. The Hall–Kier alpha value is -5.74. The minimum Gasteiger partial charge on any atom is -0.368 e. The normalized spacial score (nSPS) is 15.1. The summed E-state index contributed by atoms with van der Waals surface area (Å²) in [5, 5.41) is 16.0. The van der Waals surface area contributed by atoms with Gasteiger partial charge >= 0.3 is 0 Å². The van der Waals surface area contributed by atoms with Crippen molar-refractivity contribution < 1.29 is 0 Å². The van der Waals surface area contributed by atoms with Gasteiger partial charge in [0.2, 0.25) is 0 Å². The summed E-state index contributed by atoms with van der Waals surface area (Å²) in [5.74, 6) is 0. The summed E-state index contributed by atoms with van der Waals surface area (Å²) in [4.78, 5) is 8.17. The van der Waals surface area contributed by atoms with Crippen LogP contribution in [-0.2, 0) is 13.1 Å². The van der Waals surface area contributed by atoms with Gasteiger partial charge in [0.25, 0.3) is 0 Å². The van der Waals surface area contributed by atoms with Crippen molar-refractivity contribution in [3.05, 3.63) is 175 Å². The summed E-state index contributed by atoms with van der Waals surface area (Å²) in [6.07, 6.45) is 0. The highest BCUT2D eigenvalue weighted by molar-refractivity contribution is 6.11. The number of anilines is 1. The first-order valence-electron chi connectivity index (χ1n) is 19.2. The molecule has 53 heavy (non-hydrogen) atoms. The van der Waals surface area contributed by atoms with Gasteiger partial charge < -0.3 is 4.90 Å². The highest BCUT2D eigenvalue weighted by Gasteiger charge is 2.22. The van der Waals surface area contributed by atoms with Crippen LogP contribution in [0.5, 0.6) is 0 Å². The molecule has 0 saturated carbocycles. The van der Waals surface area contributed by atoms with E-state index in [1.807, 2.05) is 0 Å². The third-order valence-corrected chi connectivity index (χ3v) is 11.7. The molecule has 3 heteroatoms. The van der Waals surface area contributed by atoms with Crippen molar-refractivity contribution in [1.29, 1.82) is 0 Å². The maximum atomic E-state index is 2.73. The van der Waals surface area contributed by atoms with Gasteiger partial charge in [-0.2, -0.15) is 0 Å². The van der Waals surface area contributed by atoms with Crippen LogP contribution >= 0.6 is 0 Å². The fourth-order valence-electron chi connectivity index (χ4n) is 9.02. The van der Waals surface area contributed by atoms with E-state index in [0.717, 1.165) is 52.4 Å². The Morgan fingerprint density at radius 2 is 0.566 bits per heavy atom. The molecule has 0 aromatic heterocycles. The summed E-state index contributed by atoms with van der Waals surface area (Å²) in [5.41, 5.74) is 4.24. The minimum absolute atomic E-state index is 0.914. The smallest absolute Gasteiger partial charge is 0.0526 e. The summed E-state index contributed by atoms with van der Waals surface area (Å²) in [7, 11) is 0. The number of hydrogen-bond donors (Lipinski definition) is 0. The third kappa shape index (κ3) is 5.96. The summed E-state index contributed by atoms with van der Waals surface area (Å²) >= 11 is 0. The standard InChI is InChI=1S/C50H43N3/c1-7-19-42-36(13-1)31-37-14-2-8-20-43(37)48(42)34-51-25-26-52(35-49-44-21-9-3-15-38(44)32-39-16-4-10-22-45(39)49)28-30-53(29-27-51)50-46-23-11-5-17-40(46)33-41-18-6-12-24-47(41)50/h1-24,31-33H,25-30,34-35H2. The van der Waals surface area contributed by atoms with Crippen LogP contribution in [0.1, 0.15) is 11.1 Å². The van der Waals surface area contributed by atoms with Gasteiger partial charge in [-0.3, -0.25) is 9.80 Å². The van der Waals surface area contributed by atoms with Gasteiger partial charge in [0.15, 0.2) is 0 Å². The zero-order valence-electron chi connectivity index (χ0n) is 30.1. The number of rotatable bonds is 5. The number of nitrogens with zero attached hydrogens (tertiary/aromatic N) is 3. The van der Waals surface area contributed by atoms with Crippen LogP contribution in [0.4, 0.5) is 5.69 Å². The van der Waals surface area contributed by atoms with E-state index >= 15 is 0 Å². The second-order valence-corrected chi connectivity index (χ2v) is 14.8. The van der Waals surface area contributed by atoms with Crippen molar-refractivity contribution in [3.63, 3.8) is 0 Å². The molecule has 3 nitrogen and oxygen atoms in total. The van der Waals surface area contributed by atoms with Crippen LogP contribution in [0.25, 0.3) is 64.6 Å². The molecule has 0 atom stereocenters. The van der Waals surface area contributed by atoms with Crippen molar-refractivity contribution >= 4 is 70.3 Å². The largest absolute Gasteiger partial charge is 0.368 e. The Balaban J connectivity index is 1.09. The number of benzene rings is 9. The molecule has 0 unspecified atom stereocenters.